The monoisotopic (exact) mass is 478 g/mol. The molecule has 4 N–H and O–H groups in total. The van der Waals surface area contributed by atoms with Gasteiger partial charge in [-0.05, 0) is 90.4 Å². The maximum Gasteiger partial charge on any atom is 0.309 e. The molecule has 6 nitrogen and oxygen atoms in total. The summed E-state index contributed by atoms with van der Waals surface area (Å²) in [6.07, 6.45) is 1.19. The minimum Gasteiger partial charge on any atom is -0.465 e. The number of carbonyl (C=O) groups is 1. The Morgan fingerprint density at radius 1 is 1.03 bits per heavy atom. The predicted octanol–water partition coefficient (Wildman–Crippen LogP) is 3.31. The lowest BCUT2D eigenvalue weighted by Crippen LogP contribution is -2.55. The molecule has 4 aliphatic rings. The van der Waals surface area contributed by atoms with E-state index in [2.05, 4.69) is 27.4 Å². The molecule has 3 saturated carbocycles. The summed E-state index contributed by atoms with van der Waals surface area (Å²) in [4.78, 5) is 13.0. The fourth-order valence-electron chi connectivity index (χ4n) is 8.78. The smallest absolute Gasteiger partial charge is 0.309 e. The second-order valence-corrected chi connectivity index (χ2v) is 12.9. The molecule has 1 heterocycles. The number of aliphatic hydroxyl groups is 4. The van der Waals surface area contributed by atoms with Crippen molar-refractivity contribution in [2.24, 2.45) is 52.3 Å². The Labute approximate surface area is 204 Å². The van der Waals surface area contributed by atoms with Crippen molar-refractivity contribution in [3.8, 4) is 0 Å². The van der Waals surface area contributed by atoms with Crippen molar-refractivity contribution in [2.45, 2.75) is 97.6 Å². The predicted molar refractivity (Wildman–Crippen MR) is 129 cm³/mol. The zero-order valence-electron chi connectivity index (χ0n) is 21.6. The van der Waals surface area contributed by atoms with Crippen molar-refractivity contribution in [1.29, 1.82) is 0 Å². The first kappa shape index (κ1) is 26.1. The van der Waals surface area contributed by atoms with Crippen LogP contribution in [-0.4, -0.2) is 57.4 Å². The van der Waals surface area contributed by atoms with Crippen LogP contribution in [0.1, 0.15) is 73.1 Å². The largest absolute Gasteiger partial charge is 0.465 e. The molecule has 4 fully saturated rings. The molecule has 4 rings (SSSR count). The van der Waals surface area contributed by atoms with E-state index >= 15 is 0 Å². The van der Waals surface area contributed by atoms with E-state index in [1.165, 1.54) is 0 Å². The molecule has 0 aromatic carbocycles. The van der Waals surface area contributed by atoms with Gasteiger partial charge < -0.3 is 25.2 Å². The fraction of sp³-hybridized carbons (Fsp3) is 0.893. The summed E-state index contributed by atoms with van der Waals surface area (Å²) in [6.45, 7) is 14.9. The van der Waals surface area contributed by atoms with Gasteiger partial charge in [-0.25, -0.2) is 0 Å². The van der Waals surface area contributed by atoms with Crippen molar-refractivity contribution in [3.05, 3.63) is 12.2 Å². The van der Waals surface area contributed by atoms with Gasteiger partial charge >= 0.3 is 5.97 Å². The average molecular weight is 479 g/mol. The third-order valence-corrected chi connectivity index (χ3v) is 11.0. The Kier molecular flexibility index (Phi) is 7.05. The second kappa shape index (κ2) is 9.17. The fourth-order valence-corrected chi connectivity index (χ4v) is 8.78. The van der Waals surface area contributed by atoms with Gasteiger partial charge in [-0.2, -0.15) is 0 Å². The van der Waals surface area contributed by atoms with E-state index in [1.807, 2.05) is 13.8 Å². The Morgan fingerprint density at radius 2 is 1.68 bits per heavy atom. The number of esters is 1. The average Bonchev–Trinajstić information content (AvgIpc) is 3.09. The number of aliphatic hydroxyl groups excluding tert-OH is 4. The van der Waals surface area contributed by atoms with Crippen molar-refractivity contribution < 1.29 is 30.0 Å². The molecule has 12 atom stereocenters. The summed E-state index contributed by atoms with van der Waals surface area (Å²) in [6, 6.07) is 0. The third kappa shape index (κ3) is 3.97. The van der Waals surface area contributed by atoms with Gasteiger partial charge in [-0.15, -0.1) is 0 Å². The molecular weight excluding hydrogens is 432 g/mol. The second-order valence-electron chi connectivity index (χ2n) is 12.9. The quantitative estimate of drug-likeness (QED) is 0.357. The molecule has 0 bridgehead atoms. The molecule has 0 amide bonds. The number of rotatable bonds is 5. The van der Waals surface area contributed by atoms with E-state index in [9.17, 15) is 25.2 Å². The third-order valence-electron chi connectivity index (χ3n) is 11.0. The Balaban J connectivity index is 1.58. The lowest BCUT2D eigenvalue weighted by atomic mass is 9.48. The van der Waals surface area contributed by atoms with Gasteiger partial charge in [0.05, 0.1) is 30.8 Å². The molecule has 0 aromatic heterocycles. The molecule has 0 spiro atoms. The molecule has 34 heavy (non-hydrogen) atoms. The van der Waals surface area contributed by atoms with Gasteiger partial charge in [-0.1, -0.05) is 41.2 Å². The van der Waals surface area contributed by atoms with Crippen LogP contribution in [0.5, 0.6) is 0 Å². The highest BCUT2D eigenvalue weighted by atomic mass is 16.5. The van der Waals surface area contributed by atoms with Gasteiger partial charge in [-0.3, -0.25) is 4.79 Å². The molecule has 194 valence electrons. The number of fused-ring (bicyclic) bond motifs is 5. The highest BCUT2D eigenvalue weighted by Crippen LogP contribution is 2.66. The van der Waals surface area contributed by atoms with Crippen LogP contribution in [0.2, 0.25) is 0 Å². The Hall–Kier alpha value is -0.950. The number of ether oxygens (including phenoxy) is 1. The first-order valence-electron chi connectivity index (χ1n) is 13.4. The topological polar surface area (TPSA) is 107 Å². The maximum atomic E-state index is 13.0. The zero-order valence-corrected chi connectivity index (χ0v) is 21.6. The summed E-state index contributed by atoms with van der Waals surface area (Å²) in [5.41, 5.74) is 0.290. The molecule has 6 heteroatoms. The van der Waals surface area contributed by atoms with Crippen LogP contribution in [-0.2, 0) is 9.53 Å². The first-order valence-corrected chi connectivity index (χ1v) is 13.4. The van der Waals surface area contributed by atoms with Crippen molar-refractivity contribution in [2.75, 3.05) is 6.61 Å². The van der Waals surface area contributed by atoms with E-state index in [-0.39, 0.29) is 58.7 Å². The van der Waals surface area contributed by atoms with Crippen LogP contribution in [0, 0.1) is 52.3 Å². The number of cyclic esters (lactones) is 1. The van der Waals surface area contributed by atoms with Crippen molar-refractivity contribution in [3.63, 3.8) is 0 Å². The number of hydrogen-bond acceptors (Lipinski definition) is 6. The summed E-state index contributed by atoms with van der Waals surface area (Å²) in [7, 11) is 0. The molecule has 1 saturated heterocycles. The van der Waals surface area contributed by atoms with Crippen molar-refractivity contribution >= 4 is 5.97 Å². The Morgan fingerprint density at radius 3 is 2.32 bits per heavy atom. The summed E-state index contributed by atoms with van der Waals surface area (Å²) in [5.74, 6) is 0.546. The minimum atomic E-state index is -0.928. The van der Waals surface area contributed by atoms with Gasteiger partial charge in [0.1, 0.15) is 6.10 Å². The van der Waals surface area contributed by atoms with Gasteiger partial charge in [0.15, 0.2) is 0 Å². The lowest BCUT2D eigenvalue weighted by molar-refractivity contribution is -0.162. The normalized spacial score (nSPS) is 47.0. The molecule has 3 aliphatic carbocycles. The van der Waals surface area contributed by atoms with Gasteiger partial charge in [0.25, 0.3) is 0 Å². The molecule has 0 aromatic rings. The molecule has 1 aliphatic heterocycles. The lowest BCUT2D eigenvalue weighted by Gasteiger charge is -2.56. The molecule has 0 radical (unpaired) electrons. The van der Waals surface area contributed by atoms with Crippen molar-refractivity contribution in [1.82, 2.24) is 0 Å². The minimum absolute atomic E-state index is 0.00412. The van der Waals surface area contributed by atoms with Crippen LogP contribution in [0.15, 0.2) is 12.2 Å². The van der Waals surface area contributed by atoms with Gasteiger partial charge in [0, 0.05) is 0 Å². The van der Waals surface area contributed by atoms with Crippen LogP contribution in [0.25, 0.3) is 0 Å². The van der Waals surface area contributed by atoms with Crippen LogP contribution in [0.3, 0.4) is 0 Å². The van der Waals surface area contributed by atoms with E-state index in [4.69, 9.17) is 4.74 Å². The summed E-state index contributed by atoms with van der Waals surface area (Å²) >= 11 is 0. The van der Waals surface area contributed by atoms with Crippen LogP contribution in [0.4, 0.5) is 0 Å². The van der Waals surface area contributed by atoms with E-state index in [1.54, 1.807) is 0 Å². The standard InChI is InChI=1S/C28H46O6/c1-14(2)15(3)24(31)25(32)16(4)18-7-8-19-17-13-34-26(33)21-11-22(29)23(30)12-28(21,6)20(17)9-10-27(18,19)5/h14,16-25,29-32H,3,7-13H2,1-2,4-6H3/t16-,17+,18-,19+,20-,21+,22-,23+,24-,25+,27-,28-/m0/s1. The van der Waals surface area contributed by atoms with E-state index in [0.717, 1.165) is 25.7 Å². The van der Waals surface area contributed by atoms with Crippen LogP contribution >= 0.6 is 0 Å². The summed E-state index contributed by atoms with van der Waals surface area (Å²) in [5, 5.41) is 42.7. The highest BCUT2D eigenvalue weighted by molar-refractivity contribution is 5.74. The number of hydrogen-bond donors (Lipinski definition) is 4. The number of carbonyl (C=O) groups excluding carboxylic acids is 1. The van der Waals surface area contributed by atoms with E-state index in [0.29, 0.717) is 24.5 Å². The maximum absolute atomic E-state index is 13.0. The van der Waals surface area contributed by atoms with Crippen LogP contribution < -0.4 is 0 Å². The molecular formula is C28H46O6. The SMILES string of the molecule is C=C(C(C)C)[C@H](O)[C@H](O)[C@@H](C)[C@@H]1CC[C@@H]2[C@H]3COC(=O)[C@H]4C[C@H](O)[C@H](O)C[C@@]4(C)[C@H]3CC[C@]21C. The van der Waals surface area contributed by atoms with E-state index < -0.39 is 24.4 Å². The van der Waals surface area contributed by atoms with Gasteiger partial charge in [0.2, 0.25) is 0 Å². The first-order chi connectivity index (χ1) is 15.8. The summed E-state index contributed by atoms with van der Waals surface area (Å²) < 4.78 is 5.85. The zero-order chi connectivity index (χ0) is 25.2. The highest BCUT2D eigenvalue weighted by Gasteiger charge is 2.63. The molecule has 0 unspecified atom stereocenters. The Bertz CT molecular complexity index is 796.